The number of hydrogen-bond donors (Lipinski definition) is 0. The molecule has 0 amide bonds. The summed E-state index contributed by atoms with van der Waals surface area (Å²) in [5, 5.41) is 0. The third-order valence-electron chi connectivity index (χ3n) is 2.63. The highest BCUT2D eigenvalue weighted by atomic mass is 28.3. The summed E-state index contributed by atoms with van der Waals surface area (Å²) in [5.41, 5.74) is 3.32. The Bertz CT molecular complexity index is 329. The van der Waals surface area contributed by atoms with Gasteiger partial charge in [-0.3, -0.25) is 4.79 Å². The van der Waals surface area contributed by atoms with E-state index >= 15 is 0 Å². The quantitative estimate of drug-likeness (QED) is 0.286. The number of esters is 1. The van der Waals surface area contributed by atoms with Crippen molar-refractivity contribution < 1.29 is 9.53 Å². The third kappa shape index (κ3) is 14.9. The molecule has 0 saturated carbocycles. The van der Waals surface area contributed by atoms with Crippen molar-refractivity contribution in [2.75, 3.05) is 7.11 Å². The number of unbranched alkanes of at least 4 members (excludes halogenated alkanes) is 5. The molecule has 0 aliphatic carbocycles. The van der Waals surface area contributed by atoms with Crippen molar-refractivity contribution in [1.29, 1.82) is 0 Å². The summed E-state index contributed by atoms with van der Waals surface area (Å²) in [6, 6.07) is 0. The zero-order valence-corrected chi connectivity index (χ0v) is 13.9. The summed E-state index contributed by atoms with van der Waals surface area (Å²) in [6.07, 6.45) is 11.5. The third-order valence-corrected chi connectivity index (χ3v) is 3.52. The van der Waals surface area contributed by atoms with Gasteiger partial charge in [0.1, 0.15) is 8.07 Å². The van der Waals surface area contributed by atoms with Crippen LogP contribution >= 0.6 is 0 Å². The zero-order valence-electron chi connectivity index (χ0n) is 12.9. The second kappa shape index (κ2) is 10.9. The fraction of sp³-hybridized carbons (Fsp3) is 0.688. The monoisotopic (exact) mass is 280 g/mol. The predicted octanol–water partition coefficient (Wildman–Crippen LogP) is 4.33. The van der Waals surface area contributed by atoms with Crippen LogP contribution in [0.3, 0.4) is 0 Å². The lowest BCUT2D eigenvalue weighted by molar-refractivity contribution is -0.140. The highest BCUT2D eigenvalue weighted by Gasteiger charge is 2.06. The Morgan fingerprint density at radius 2 is 1.74 bits per heavy atom. The normalized spacial score (nSPS) is 11.2. The molecule has 0 aromatic carbocycles. The van der Waals surface area contributed by atoms with Gasteiger partial charge in [-0.15, -0.1) is 5.54 Å². The van der Waals surface area contributed by atoms with Crippen LogP contribution in [0.15, 0.2) is 12.2 Å². The van der Waals surface area contributed by atoms with Gasteiger partial charge in [0, 0.05) is 6.42 Å². The van der Waals surface area contributed by atoms with E-state index in [9.17, 15) is 4.79 Å². The van der Waals surface area contributed by atoms with E-state index in [1.165, 1.54) is 26.4 Å². The molecule has 0 rings (SSSR count). The molecule has 0 heterocycles. The van der Waals surface area contributed by atoms with E-state index in [0.717, 1.165) is 19.3 Å². The van der Waals surface area contributed by atoms with Gasteiger partial charge in [0.25, 0.3) is 0 Å². The van der Waals surface area contributed by atoms with E-state index in [1.807, 2.05) is 6.08 Å². The minimum absolute atomic E-state index is 0.0936. The number of carbonyl (C=O) groups excluding carboxylic acids is 1. The Kier molecular flexibility index (Phi) is 10.3. The van der Waals surface area contributed by atoms with Gasteiger partial charge >= 0.3 is 5.97 Å². The molecule has 0 N–H and O–H groups in total. The summed E-state index contributed by atoms with van der Waals surface area (Å²) in [7, 11) is 0.234. The molecule has 0 aromatic heterocycles. The SMILES string of the molecule is COC(=O)CCCCCCC/C=C\C#C[Si](C)(C)C. The second-order valence-corrected chi connectivity index (χ2v) is 10.6. The highest BCUT2D eigenvalue weighted by Crippen LogP contribution is 2.08. The number of carbonyl (C=O) groups is 1. The molecule has 2 nitrogen and oxygen atoms in total. The molecule has 108 valence electrons. The molecule has 0 aromatic rings. The molecule has 0 aliphatic heterocycles. The Balaban J connectivity index is 3.38. The molecule has 0 spiro atoms. The van der Waals surface area contributed by atoms with E-state index in [2.05, 4.69) is 41.9 Å². The zero-order chi connectivity index (χ0) is 14.6. The number of methoxy groups -OCH3 is 1. The van der Waals surface area contributed by atoms with Gasteiger partial charge in [-0.2, -0.15) is 0 Å². The van der Waals surface area contributed by atoms with Gasteiger partial charge in [-0.05, 0) is 25.3 Å². The first-order valence-corrected chi connectivity index (χ1v) is 10.7. The van der Waals surface area contributed by atoms with Crippen LogP contribution in [0.5, 0.6) is 0 Å². The molecule has 3 heteroatoms. The summed E-state index contributed by atoms with van der Waals surface area (Å²) < 4.78 is 4.60. The maximum atomic E-state index is 10.9. The van der Waals surface area contributed by atoms with Crippen molar-refractivity contribution in [3.8, 4) is 11.5 Å². The summed E-state index contributed by atoms with van der Waals surface area (Å²) in [5.74, 6) is 3.04. The van der Waals surface area contributed by atoms with Gasteiger partial charge in [0.05, 0.1) is 7.11 Å². The number of hydrogen-bond acceptors (Lipinski definition) is 2. The van der Waals surface area contributed by atoms with Crippen molar-refractivity contribution in [2.45, 2.75) is 64.6 Å². The Morgan fingerprint density at radius 3 is 2.37 bits per heavy atom. The van der Waals surface area contributed by atoms with Gasteiger partial charge in [-0.25, -0.2) is 0 Å². The molecule has 0 bridgehead atoms. The lowest BCUT2D eigenvalue weighted by atomic mass is 10.1. The molecule has 0 aliphatic rings. The number of allylic oxidation sites excluding steroid dienone is 2. The van der Waals surface area contributed by atoms with Gasteiger partial charge in [0.2, 0.25) is 0 Å². The molecular formula is C16H28O2Si. The fourth-order valence-corrected chi connectivity index (χ4v) is 2.08. The van der Waals surface area contributed by atoms with Crippen LogP contribution in [0.25, 0.3) is 0 Å². The standard InChI is InChI=1S/C16H28O2Si/c1-18-16(17)14-12-10-8-6-5-7-9-11-13-15-19(2,3)4/h9,11H,5-8,10,12,14H2,1-4H3/b11-9-. The number of ether oxygens (including phenoxy) is 1. The van der Waals surface area contributed by atoms with Crippen molar-refractivity contribution in [3.05, 3.63) is 12.2 Å². The lowest BCUT2D eigenvalue weighted by Crippen LogP contribution is -2.16. The Morgan fingerprint density at radius 1 is 1.11 bits per heavy atom. The molecular weight excluding hydrogens is 252 g/mol. The van der Waals surface area contributed by atoms with Crippen LogP contribution in [0.1, 0.15) is 44.9 Å². The fourth-order valence-electron chi connectivity index (χ4n) is 1.56. The van der Waals surface area contributed by atoms with Gasteiger partial charge in [-0.1, -0.05) is 50.9 Å². The highest BCUT2D eigenvalue weighted by molar-refractivity contribution is 6.83. The first-order chi connectivity index (χ1) is 8.95. The maximum absolute atomic E-state index is 10.9. The first-order valence-electron chi connectivity index (χ1n) is 7.20. The van der Waals surface area contributed by atoms with Crippen LogP contribution < -0.4 is 0 Å². The van der Waals surface area contributed by atoms with E-state index in [4.69, 9.17) is 0 Å². The van der Waals surface area contributed by atoms with Crippen LogP contribution in [-0.2, 0) is 9.53 Å². The van der Waals surface area contributed by atoms with E-state index < -0.39 is 8.07 Å². The molecule has 0 fully saturated rings. The lowest BCUT2D eigenvalue weighted by Gasteiger charge is -2.02. The minimum Gasteiger partial charge on any atom is -0.469 e. The first kappa shape index (κ1) is 18.0. The van der Waals surface area contributed by atoms with Crippen LogP contribution in [-0.4, -0.2) is 21.2 Å². The van der Waals surface area contributed by atoms with E-state index in [-0.39, 0.29) is 5.97 Å². The molecule has 0 saturated heterocycles. The molecule has 0 unspecified atom stereocenters. The Hall–Kier alpha value is -1.01. The second-order valence-electron chi connectivity index (χ2n) is 5.80. The van der Waals surface area contributed by atoms with Crippen LogP contribution in [0.2, 0.25) is 19.6 Å². The van der Waals surface area contributed by atoms with E-state index in [0.29, 0.717) is 6.42 Å². The molecule has 19 heavy (non-hydrogen) atoms. The van der Waals surface area contributed by atoms with Crippen LogP contribution in [0, 0.1) is 11.5 Å². The average molecular weight is 280 g/mol. The van der Waals surface area contributed by atoms with Gasteiger partial charge in [0.15, 0.2) is 0 Å². The number of rotatable bonds is 8. The summed E-state index contributed by atoms with van der Waals surface area (Å²) >= 11 is 0. The van der Waals surface area contributed by atoms with E-state index in [1.54, 1.807) is 0 Å². The molecule has 0 radical (unpaired) electrons. The summed E-state index contributed by atoms with van der Waals surface area (Å²) in [6.45, 7) is 6.76. The largest absolute Gasteiger partial charge is 0.469 e. The van der Waals surface area contributed by atoms with Crippen molar-refractivity contribution >= 4 is 14.0 Å². The minimum atomic E-state index is -1.21. The summed E-state index contributed by atoms with van der Waals surface area (Å²) in [4.78, 5) is 10.9. The van der Waals surface area contributed by atoms with Crippen LogP contribution in [0.4, 0.5) is 0 Å². The van der Waals surface area contributed by atoms with Crippen molar-refractivity contribution in [2.24, 2.45) is 0 Å². The van der Waals surface area contributed by atoms with Gasteiger partial charge < -0.3 is 4.74 Å². The molecule has 0 atom stereocenters. The smallest absolute Gasteiger partial charge is 0.305 e. The van der Waals surface area contributed by atoms with Crippen molar-refractivity contribution in [3.63, 3.8) is 0 Å². The predicted molar refractivity (Wildman–Crippen MR) is 84.6 cm³/mol. The Labute approximate surface area is 119 Å². The average Bonchev–Trinajstić information content (AvgIpc) is 2.34. The maximum Gasteiger partial charge on any atom is 0.305 e. The topological polar surface area (TPSA) is 26.3 Å². The van der Waals surface area contributed by atoms with Crippen molar-refractivity contribution in [1.82, 2.24) is 0 Å².